The summed E-state index contributed by atoms with van der Waals surface area (Å²) in [5.41, 5.74) is 4.79. The monoisotopic (exact) mass is 422 g/mol. The summed E-state index contributed by atoms with van der Waals surface area (Å²) >= 11 is 0. The molecular formula is C22H20F2N6O. The highest BCUT2D eigenvalue weighted by atomic mass is 19.3. The molecule has 4 aromatic rings. The van der Waals surface area contributed by atoms with Gasteiger partial charge in [0.25, 0.3) is 5.89 Å². The SMILES string of the molecule is CN1CC(c2cccc(-c3cn(Cc4ccc(-c5nnc(C(F)F)o5)cc4)nn3)c2)C1. The lowest BCUT2D eigenvalue weighted by Gasteiger charge is -2.36. The van der Waals surface area contributed by atoms with Gasteiger partial charge in [-0.25, -0.2) is 4.68 Å². The van der Waals surface area contributed by atoms with Crippen molar-refractivity contribution in [1.82, 2.24) is 30.1 Å². The van der Waals surface area contributed by atoms with Crippen LogP contribution in [0.5, 0.6) is 0 Å². The van der Waals surface area contributed by atoms with Gasteiger partial charge in [0.15, 0.2) is 0 Å². The lowest BCUT2D eigenvalue weighted by Crippen LogP contribution is -2.41. The topological polar surface area (TPSA) is 72.9 Å². The Bertz CT molecular complexity index is 1180. The zero-order chi connectivity index (χ0) is 21.4. The first-order valence-electron chi connectivity index (χ1n) is 9.95. The summed E-state index contributed by atoms with van der Waals surface area (Å²) in [5, 5.41) is 15.6. The average molecular weight is 422 g/mol. The molecule has 2 aromatic carbocycles. The fraction of sp³-hybridized carbons (Fsp3) is 0.273. The van der Waals surface area contributed by atoms with Crippen LogP contribution in [0.25, 0.3) is 22.7 Å². The maximum absolute atomic E-state index is 12.6. The minimum atomic E-state index is -2.78. The van der Waals surface area contributed by atoms with Crippen molar-refractivity contribution in [2.75, 3.05) is 20.1 Å². The number of likely N-dealkylation sites (N-methyl/N-ethyl adjacent to an activating group) is 1. The van der Waals surface area contributed by atoms with Gasteiger partial charge in [-0.15, -0.1) is 15.3 Å². The molecule has 1 saturated heterocycles. The number of halogens is 2. The largest absolute Gasteiger partial charge is 0.415 e. The number of alkyl halides is 2. The van der Waals surface area contributed by atoms with Crippen LogP contribution >= 0.6 is 0 Å². The van der Waals surface area contributed by atoms with E-state index in [1.165, 1.54) is 5.56 Å². The summed E-state index contributed by atoms with van der Waals surface area (Å²) in [5.74, 6) is -0.0285. The number of hydrogen-bond acceptors (Lipinski definition) is 6. The third-order valence-electron chi connectivity index (χ3n) is 5.43. The number of nitrogens with zero attached hydrogens (tertiary/aromatic N) is 6. The molecule has 1 aliphatic rings. The van der Waals surface area contributed by atoms with E-state index in [4.69, 9.17) is 4.42 Å². The zero-order valence-corrected chi connectivity index (χ0v) is 16.8. The first-order valence-corrected chi connectivity index (χ1v) is 9.95. The van der Waals surface area contributed by atoms with E-state index in [9.17, 15) is 8.78 Å². The molecule has 0 N–H and O–H groups in total. The van der Waals surface area contributed by atoms with Crippen molar-refractivity contribution in [3.63, 3.8) is 0 Å². The minimum Gasteiger partial charge on any atom is -0.415 e. The van der Waals surface area contributed by atoms with Crippen LogP contribution in [0.15, 0.2) is 59.1 Å². The van der Waals surface area contributed by atoms with Crippen LogP contribution < -0.4 is 0 Å². The standard InChI is InChI=1S/C22H20F2N6O/c1-29-11-18(12-29)16-3-2-4-17(9-16)19-13-30(28-25-19)10-14-5-7-15(8-6-14)21-26-27-22(31-21)20(23)24/h2-9,13,18,20H,10-12H2,1H3. The van der Waals surface area contributed by atoms with Gasteiger partial charge in [0.1, 0.15) is 5.69 Å². The number of rotatable bonds is 6. The summed E-state index contributed by atoms with van der Waals surface area (Å²) < 4.78 is 32.0. The van der Waals surface area contributed by atoms with Crippen LogP contribution in [0.2, 0.25) is 0 Å². The molecule has 0 spiro atoms. The van der Waals surface area contributed by atoms with E-state index >= 15 is 0 Å². The summed E-state index contributed by atoms with van der Waals surface area (Å²) in [4.78, 5) is 2.30. The van der Waals surface area contributed by atoms with E-state index in [1.54, 1.807) is 16.8 Å². The van der Waals surface area contributed by atoms with Gasteiger partial charge in [0, 0.05) is 30.1 Å². The summed E-state index contributed by atoms with van der Waals surface area (Å²) in [6, 6.07) is 15.7. The van der Waals surface area contributed by atoms with Gasteiger partial charge in [0.05, 0.1) is 12.7 Å². The normalized spacial score (nSPS) is 14.8. The fourth-order valence-electron chi connectivity index (χ4n) is 3.75. The summed E-state index contributed by atoms with van der Waals surface area (Å²) in [6.45, 7) is 2.70. The zero-order valence-electron chi connectivity index (χ0n) is 16.8. The third-order valence-corrected chi connectivity index (χ3v) is 5.43. The second-order valence-corrected chi connectivity index (χ2v) is 7.79. The van der Waals surface area contributed by atoms with Crippen molar-refractivity contribution in [3.8, 4) is 22.7 Å². The van der Waals surface area contributed by atoms with E-state index in [0.29, 0.717) is 18.0 Å². The Balaban J connectivity index is 1.28. The third kappa shape index (κ3) is 4.09. The molecule has 1 aliphatic heterocycles. The summed E-state index contributed by atoms with van der Waals surface area (Å²) in [6.07, 6.45) is -0.856. The lowest BCUT2D eigenvalue weighted by atomic mass is 9.91. The molecule has 158 valence electrons. The Morgan fingerprint density at radius 1 is 1.03 bits per heavy atom. The quantitative estimate of drug-likeness (QED) is 0.468. The van der Waals surface area contributed by atoms with Crippen LogP contribution in [0.4, 0.5) is 8.78 Å². The van der Waals surface area contributed by atoms with Crippen molar-refractivity contribution in [2.45, 2.75) is 18.9 Å². The molecule has 0 unspecified atom stereocenters. The van der Waals surface area contributed by atoms with E-state index in [-0.39, 0.29) is 5.89 Å². The van der Waals surface area contributed by atoms with Crippen molar-refractivity contribution >= 4 is 0 Å². The van der Waals surface area contributed by atoms with Crippen molar-refractivity contribution in [2.24, 2.45) is 0 Å². The number of benzene rings is 2. The number of aromatic nitrogens is 5. The van der Waals surface area contributed by atoms with Crippen molar-refractivity contribution in [3.05, 3.63) is 71.7 Å². The highest BCUT2D eigenvalue weighted by Crippen LogP contribution is 2.29. The van der Waals surface area contributed by atoms with E-state index in [0.717, 1.165) is 29.9 Å². The second-order valence-electron chi connectivity index (χ2n) is 7.79. The minimum absolute atomic E-state index is 0.0717. The molecule has 1 fully saturated rings. The van der Waals surface area contributed by atoms with Gasteiger partial charge in [-0.3, -0.25) is 0 Å². The van der Waals surface area contributed by atoms with E-state index < -0.39 is 12.3 Å². The second kappa shape index (κ2) is 7.99. The first kappa shape index (κ1) is 19.5. The van der Waals surface area contributed by atoms with Crippen LogP contribution in [0.3, 0.4) is 0 Å². The van der Waals surface area contributed by atoms with E-state index in [1.807, 2.05) is 24.4 Å². The Morgan fingerprint density at radius 3 is 2.55 bits per heavy atom. The fourth-order valence-corrected chi connectivity index (χ4v) is 3.75. The highest BCUT2D eigenvalue weighted by Gasteiger charge is 2.25. The van der Waals surface area contributed by atoms with Gasteiger partial charge in [0.2, 0.25) is 5.89 Å². The molecule has 2 aromatic heterocycles. The molecule has 31 heavy (non-hydrogen) atoms. The Labute approximate surface area is 177 Å². The molecule has 7 nitrogen and oxygen atoms in total. The maximum Gasteiger partial charge on any atom is 0.314 e. The predicted octanol–water partition coefficient (Wildman–Crippen LogP) is 4.01. The van der Waals surface area contributed by atoms with Crippen LogP contribution in [0, 0.1) is 0 Å². The molecule has 0 radical (unpaired) electrons. The molecule has 0 saturated carbocycles. The molecule has 0 atom stereocenters. The highest BCUT2D eigenvalue weighted by molar-refractivity contribution is 5.59. The lowest BCUT2D eigenvalue weighted by molar-refractivity contribution is 0.116. The predicted molar refractivity (Wildman–Crippen MR) is 109 cm³/mol. The number of likely N-dealkylation sites (tertiary alicyclic amines) is 1. The van der Waals surface area contributed by atoms with Crippen LogP contribution in [0.1, 0.15) is 29.4 Å². The van der Waals surface area contributed by atoms with Crippen molar-refractivity contribution < 1.29 is 13.2 Å². The van der Waals surface area contributed by atoms with Crippen LogP contribution in [-0.4, -0.2) is 50.2 Å². The van der Waals surface area contributed by atoms with Gasteiger partial charge in [-0.2, -0.15) is 8.78 Å². The molecule has 0 aliphatic carbocycles. The van der Waals surface area contributed by atoms with Crippen molar-refractivity contribution in [1.29, 1.82) is 0 Å². The smallest absolute Gasteiger partial charge is 0.314 e. The number of hydrogen-bond donors (Lipinski definition) is 0. The van der Waals surface area contributed by atoms with Gasteiger partial charge in [-0.1, -0.05) is 35.5 Å². The molecule has 0 bridgehead atoms. The van der Waals surface area contributed by atoms with Crippen LogP contribution in [-0.2, 0) is 6.54 Å². The van der Waals surface area contributed by atoms with E-state index in [2.05, 4.69) is 50.7 Å². The average Bonchev–Trinajstić information content (AvgIpc) is 3.42. The first-order chi connectivity index (χ1) is 15.0. The van der Waals surface area contributed by atoms with Gasteiger partial charge in [-0.05, 0) is 36.4 Å². The van der Waals surface area contributed by atoms with Gasteiger partial charge < -0.3 is 9.32 Å². The molecule has 5 rings (SSSR count). The molecular weight excluding hydrogens is 402 g/mol. The molecule has 9 heteroatoms. The Kier molecular flexibility index (Phi) is 5.03. The Morgan fingerprint density at radius 2 is 1.84 bits per heavy atom. The maximum atomic E-state index is 12.6. The molecule has 0 amide bonds. The Hall–Kier alpha value is -3.46. The summed E-state index contributed by atoms with van der Waals surface area (Å²) in [7, 11) is 2.13. The van der Waals surface area contributed by atoms with Gasteiger partial charge >= 0.3 is 6.43 Å². The molecule has 3 heterocycles.